The van der Waals surface area contributed by atoms with Crippen LogP contribution in [0.2, 0.25) is 0 Å². The molecule has 0 bridgehead atoms. The van der Waals surface area contributed by atoms with Crippen molar-refractivity contribution in [1.29, 1.82) is 0 Å². The molecule has 0 spiro atoms. The zero-order valence-electron chi connectivity index (χ0n) is 19.8. The second kappa shape index (κ2) is 13.2. The largest absolute Gasteiger partial charge is 0.388 e. The lowest BCUT2D eigenvalue weighted by Gasteiger charge is -2.21. The van der Waals surface area contributed by atoms with E-state index >= 15 is 0 Å². The number of aromatic nitrogens is 1. The summed E-state index contributed by atoms with van der Waals surface area (Å²) in [4.78, 5) is 26.1. The second-order valence-electron chi connectivity index (χ2n) is 8.26. The molecule has 7 nitrogen and oxygen atoms in total. The van der Waals surface area contributed by atoms with Crippen molar-refractivity contribution in [3.05, 3.63) is 89.7 Å². The van der Waals surface area contributed by atoms with Gasteiger partial charge in [-0.05, 0) is 67.6 Å². The molecule has 0 saturated heterocycles. The fourth-order valence-electron chi connectivity index (χ4n) is 3.89. The summed E-state index contributed by atoms with van der Waals surface area (Å²) in [6, 6.07) is 21.0. The summed E-state index contributed by atoms with van der Waals surface area (Å²) < 4.78 is 1.79. The van der Waals surface area contributed by atoms with Crippen LogP contribution >= 0.6 is 0 Å². The molecule has 180 valence electrons. The Bertz CT molecular complexity index is 1030. The molecule has 3 aromatic rings. The van der Waals surface area contributed by atoms with E-state index in [1.165, 1.54) is 5.56 Å². The first-order chi connectivity index (χ1) is 16.6. The lowest BCUT2D eigenvalue weighted by atomic mass is 10.1. The van der Waals surface area contributed by atoms with Gasteiger partial charge in [0.05, 0.1) is 0 Å². The van der Waals surface area contributed by atoms with Gasteiger partial charge in [0, 0.05) is 32.0 Å². The van der Waals surface area contributed by atoms with E-state index in [-0.39, 0.29) is 11.8 Å². The maximum atomic E-state index is 13.2. The number of nitrogens with one attached hydrogen (secondary N) is 3. The number of hydrogen-bond acceptors (Lipinski definition) is 4. The first kappa shape index (κ1) is 25.1. The first-order valence-corrected chi connectivity index (χ1v) is 11.9. The maximum Gasteiger partial charge on any atom is 0.267 e. The Labute approximate surface area is 201 Å². The number of benzene rings is 2. The molecule has 5 N–H and O–H groups in total. The molecular weight excluding hydrogens is 426 g/mol. The van der Waals surface area contributed by atoms with E-state index in [9.17, 15) is 9.59 Å². The summed E-state index contributed by atoms with van der Waals surface area (Å²) >= 11 is 0. The van der Waals surface area contributed by atoms with Crippen LogP contribution in [0.15, 0.2) is 72.9 Å². The Morgan fingerprint density at radius 1 is 0.912 bits per heavy atom. The van der Waals surface area contributed by atoms with Crippen LogP contribution in [-0.2, 0) is 17.8 Å². The molecule has 0 radical (unpaired) electrons. The Morgan fingerprint density at radius 3 is 2.38 bits per heavy atom. The predicted octanol–water partition coefficient (Wildman–Crippen LogP) is 3.49. The van der Waals surface area contributed by atoms with E-state index in [2.05, 4.69) is 16.0 Å². The van der Waals surface area contributed by atoms with Crippen LogP contribution in [0.1, 0.15) is 46.9 Å². The van der Waals surface area contributed by atoms with Crippen molar-refractivity contribution in [3.63, 3.8) is 0 Å². The van der Waals surface area contributed by atoms with E-state index in [1.54, 1.807) is 16.8 Å². The number of nitrogens with zero attached hydrogens (tertiary/aromatic N) is 1. The number of unbranched alkanes of at least 4 members (excludes halogenated alkanes) is 1. The predicted molar refractivity (Wildman–Crippen MR) is 137 cm³/mol. The fourth-order valence-corrected chi connectivity index (χ4v) is 3.89. The van der Waals surface area contributed by atoms with Crippen molar-refractivity contribution in [1.82, 2.24) is 15.2 Å². The van der Waals surface area contributed by atoms with Crippen molar-refractivity contribution in [2.45, 2.75) is 38.3 Å². The standard InChI is InChI=1S/C27H35N5O2/c1-29-23-14-12-22(13-15-23)20-31-27(34)24(10-5-6-17-28)32-19-7-11-25(32)26(33)30-18-16-21-8-3-2-4-9-21/h2-4,7-9,11-15,19,24,29H,5-6,10,16-18,20,28H2,1H3,(H,30,33)(H,31,34)/t24-/m1/s1. The number of amides is 2. The SMILES string of the molecule is CNc1ccc(CNC(=O)[C@@H](CCCCN)n2cccc2C(=O)NCCc2ccccc2)cc1. The van der Waals surface area contributed by atoms with Gasteiger partial charge in [-0.1, -0.05) is 42.5 Å². The van der Waals surface area contributed by atoms with E-state index < -0.39 is 6.04 Å². The molecule has 0 fully saturated rings. The summed E-state index contributed by atoms with van der Waals surface area (Å²) in [7, 11) is 1.87. The van der Waals surface area contributed by atoms with Crippen LogP contribution in [0, 0.1) is 0 Å². The molecule has 2 aromatic carbocycles. The normalized spacial score (nSPS) is 11.6. The van der Waals surface area contributed by atoms with Crippen LogP contribution in [0.3, 0.4) is 0 Å². The third-order valence-electron chi connectivity index (χ3n) is 5.83. The van der Waals surface area contributed by atoms with E-state index in [0.29, 0.717) is 31.7 Å². The summed E-state index contributed by atoms with van der Waals surface area (Å²) in [6.07, 6.45) is 4.80. The summed E-state index contributed by atoms with van der Waals surface area (Å²) in [6.45, 7) is 1.53. The Balaban J connectivity index is 1.65. The molecule has 2 amide bonds. The topological polar surface area (TPSA) is 101 Å². The molecule has 1 aromatic heterocycles. The van der Waals surface area contributed by atoms with E-state index in [1.807, 2.05) is 67.7 Å². The number of anilines is 1. The highest BCUT2D eigenvalue weighted by Gasteiger charge is 2.24. The van der Waals surface area contributed by atoms with Crippen LogP contribution in [0.25, 0.3) is 0 Å². The second-order valence-corrected chi connectivity index (χ2v) is 8.26. The molecule has 34 heavy (non-hydrogen) atoms. The minimum absolute atomic E-state index is 0.107. The molecule has 0 aliphatic heterocycles. The summed E-state index contributed by atoms with van der Waals surface area (Å²) in [5.41, 5.74) is 9.36. The number of nitrogens with two attached hydrogens (primary N) is 1. The first-order valence-electron chi connectivity index (χ1n) is 11.9. The summed E-state index contributed by atoms with van der Waals surface area (Å²) in [5, 5.41) is 9.11. The smallest absolute Gasteiger partial charge is 0.267 e. The van der Waals surface area contributed by atoms with Gasteiger partial charge in [0.2, 0.25) is 5.91 Å². The Kier molecular flexibility index (Phi) is 9.73. The lowest BCUT2D eigenvalue weighted by Crippen LogP contribution is -2.35. The van der Waals surface area contributed by atoms with Crippen molar-refractivity contribution >= 4 is 17.5 Å². The highest BCUT2D eigenvalue weighted by atomic mass is 16.2. The molecule has 7 heteroatoms. The molecular formula is C27H35N5O2. The van der Waals surface area contributed by atoms with Crippen LogP contribution in [0.5, 0.6) is 0 Å². The average Bonchev–Trinajstić information content (AvgIpc) is 3.36. The van der Waals surface area contributed by atoms with Crippen LogP contribution < -0.4 is 21.7 Å². The minimum atomic E-state index is -0.479. The van der Waals surface area contributed by atoms with Gasteiger partial charge in [0.15, 0.2) is 0 Å². The van der Waals surface area contributed by atoms with Crippen LogP contribution in [-0.4, -0.2) is 36.5 Å². The molecule has 3 rings (SSSR count). The summed E-state index contributed by atoms with van der Waals surface area (Å²) in [5.74, 6) is -0.288. The molecule has 0 saturated carbocycles. The molecule has 0 aliphatic rings. The van der Waals surface area contributed by atoms with Gasteiger partial charge < -0.3 is 26.3 Å². The van der Waals surface area contributed by atoms with E-state index in [4.69, 9.17) is 5.73 Å². The van der Waals surface area contributed by atoms with Crippen molar-refractivity contribution in [2.24, 2.45) is 5.73 Å². The molecule has 0 unspecified atom stereocenters. The Hall–Kier alpha value is -3.58. The zero-order chi connectivity index (χ0) is 24.2. The fraction of sp³-hybridized carbons (Fsp3) is 0.333. The quantitative estimate of drug-likeness (QED) is 0.293. The molecule has 1 heterocycles. The number of carbonyl (C=O) groups is 2. The Morgan fingerprint density at radius 2 is 1.68 bits per heavy atom. The molecule has 1 atom stereocenters. The van der Waals surface area contributed by atoms with E-state index in [0.717, 1.165) is 30.5 Å². The maximum absolute atomic E-state index is 13.2. The highest BCUT2D eigenvalue weighted by molar-refractivity contribution is 5.93. The van der Waals surface area contributed by atoms with Crippen molar-refractivity contribution in [2.75, 3.05) is 25.5 Å². The number of rotatable bonds is 13. The monoisotopic (exact) mass is 461 g/mol. The van der Waals surface area contributed by atoms with Gasteiger partial charge in [-0.3, -0.25) is 9.59 Å². The average molecular weight is 462 g/mol. The van der Waals surface area contributed by atoms with Gasteiger partial charge in [-0.25, -0.2) is 0 Å². The highest BCUT2D eigenvalue weighted by Crippen LogP contribution is 2.20. The van der Waals surface area contributed by atoms with Crippen LogP contribution in [0.4, 0.5) is 5.69 Å². The van der Waals surface area contributed by atoms with Gasteiger partial charge >= 0.3 is 0 Å². The third kappa shape index (κ3) is 7.22. The zero-order valence-corrected chi connectivity index (χ0v) is 19.8. The van der Waals surface area contributed by atoms with Gasteiger partial charge in [0.25, 0.3) is 5.91 Å². The van der Waals surface area contributed by atoms with Gasteiger partial charge in [0.1, 0.15) is 11.7 Å². The van der Waals surface area contributed by atoms with Gasteiger partial charge in [-0.15, -0.1) is 0 Å². The van der Waals surface area contributed by atoms with Crippen molar-refractivity contribution in [3.8, 4) is 0 Å². The third-order valence-corrected chi connectivity index (χ3v) is 5.83. The molecule has 0 aliphatic carbocycles. The van der Waals surface area contributed by atoms with Crippen molar-refractivity contribution < 1.29 is 9.59 Å². The van der Waals surface area contributed by atoms with Gasteiger partial charge in [-0.2, -0.15) is 0 Å². The lowest BCUT2D eigenvalue weighted by molar-refractivity contribution is -0.124. The number of hydrogen-bond donors (Lipinski definition) is 4. The number of carbonyl (C=O) groups excluding carboxylic acids is 2. The minimum Gasteiger partial charge on any atom is -0.388 e.